The van der Waals surface area contributed by atoms with Crippen LogP contribution in [0.3, 0.4) is 0 Å². The van der Waals surface area contributed by atoms with Crippen LogP contribution in [0.1, 0.15) is 10.4 Å². The van der Waals surface area contributed by atoms with Gasteiger partial charge in [-0.15, -0.1) is 0 Å². The summed E-state index contributed by atoms with van der Waals surface area (Å²) >= 11 is 0. The number of pyridine rings is 1. The van der Waals surface area contributed by atoms with Crippen molar-refractivity contribution >= 4 is 17.5 Å². The molecule has 0 unspecified atom stereocenters. The largest absolute Gasteiger partial charge is 0.345 e. The normalized spacial score (nSPS) is 10.1. The first-order valence-corrected chi connectivity index (χ1v) is 6.74. The fourth-order valence-corrected chi connectivity index (χ4v) is 1.90. The molecule has 1 aromatic carbocycles. The number of carbonyl (C=O) groups excluding carboxylic acids is 2. The lowest BCUT2D eigenvalue weighted by atomic mass is 10.2. The van der Waals surface area contributed by atoms with Crippen LogP contribution < -0.4 is 10.9 Å². The van der Waals surface area contributed by atoms with E-state index in [1.165, 1.54) is 15.5 Å². The number of nitrogens with one attached hydrogen (secondary N) is 1. The summed E-state index contributed by atoms with van der Waals surface area (Å²) in [6.45, 7) is -0.0575. The highest BCUT2D eigenvalue weighted by Crippen LogP contribution is 2.10. The molecule has 2 amide bonds. The fraction of sp³-hybridized carbons (Fsp3) is 0.188. The molecule has 6 heteroatoms. The summed E-state index contributed by atoms with van der Waals surface area (Å²) in [5.74, 6) is -0.409. The molecule has 0 aliphatic carbocycles. The topological polar surface area (TPSA) is 71.4 Å². The zero-order valence-electron chi connectivity index (χ0n) is 12.4. The number of aromatic nitrogens is 1. The highest BCUT2D eigenvalue weighted by Gasteiger charge is 2.08. The molecular formula is C16H17N3O3. The van der Waals surface area contributed by atoms with Crippen LogP contribution in [-0.2, 0) is 11.3 Å². The monoisotopic (exact) mass is 299 g/mol. The number of hydrogen-bond acceptors (Lipinski definition) is 3. The van der Waals surface area contributed by atoms with E-state index in [9.17, 15) is 14.4 Å². The Kier molecular flexibility index (Phi) is 4.73. The average molecular weight is 299 g/mol. The lowest BCUT2D eigenvalue weighted by Gasteiger charge is -2.11. The molecule has 0 saturated carbocycles. The molecule has 1 aromatic heterocycles. The van der Waals surface area contributed by atoms with Gasteiger partial charge in [0.25, 0.3) is 11.5 Å². The smallest absolute Gasteiger partial charge is 0.253 e. The quantitative estimate of drug-likeness (QED) is 0.922. The summed E-state index contributed by atoms with van der Waals surface area (Å²) in [5.41, 5.74) is 0.885. The second-order valence-corrected chi connectivity index (χ2v) is 4.99. The number of rotatable bonds is 4. The van der Waals surface area contributed by atoms with Crippen molar-refractivity contribution in [3.05, 3.63) is 64.6 Å². The maximum atomic E-state index is 11.9. The van der Waals surface area contributed by atoms with Gasteiger partial charge in [0.1, 0.15) is 6.54 Å². The molecule has 0 spiro atoms. The molecule has 0 aliphatic rings. The third-order valence-corrected chi connectivity index (χ3v) is 3.03. The first-order chi connectivity index (χ1) is 10.5. The Bertz CT molecular complexity index is 733. The summed E-state index contributed by atoms with van der Waals surface area (Å²) in [7, 11) is 3.35. The summed E-state index contributed by atoms with van der Waals surface area (Å²) in [6, 6.07) is 11.3. The summed E-state index contributed by atoms with van der Waals surface area (Å²) in [6.07, 6.45) is 1.56. The number of hydrogen-bond donors (Lipinski definition) is 1. The third-order valence-electron chi connectivity index (χ3n) is 3.03. The molecule has 6 nitrogen and oxygen atoms in total. The molecule has 114 valence electrons. The number of carbonyl (C=O) groups is 2. The van der Waals surface area contributed by atoms with Gasteiger partial charge >= 0.3 is 0 Å². The predicted octanol–water partition coefficient (Wildman–Crippen LogP) is 1.19. The van der Waals surface area contributed by atoms with E-state index in [0.29, 0.717) is 11.3 Å². The summed E-state index contributed by atoms with van der Waals surface area (Å²) < 4.78 is 1.32. The Morgan fingerprint density at radius 3 is 2.36 bits per heavy atom. The molecule has 0 saturated heterocycles. The van der Waals surface area contributed by atoms with Crippen LogP contribution in [0.25, 0.3) is 0 Å². The minimum absolute atomic E-state index is 0.0575. The lowest BCUT2D eigenvalue weighted by Crippen LogP contribution is -2.26. The molecule has 1 heterocycles. The van der Waals surface area contributed by atoms with Gasteiger partial charge in [-0.2, -0.15) is 0 Å². The molecule has 0 fully saturated rings. The van der Waals surface area contributed by atoms with Gasteiger partial charge in [0.2, 0.25) is 5.91 Å². The second-order valence-electron chi connectivity index (χ2n) is 4.99. The molecular weight excluding hydrogens is 282 g/mol. The van der Waals surface area contributed by atoms with Crippen LogP contribution in [0.5, 0.6) is 0 Å². The standard InChI is InChI=1S/C16H17N3O3/c1-18(2)16(22)12-6-8-13(9-7-12)17-14(20)11-19-10-4-3-5-15(19)21/h3-10H,11H2,1-2H3,(H,17,20). The van der Waals surface area contributed by atoms with Crippen LogP contribution in [0, 0.1) is 0 Å². The van der Waals surface area contributed by atoms with Gasteiger partial charge < -0.3 is 14.8 Å². The van der Waals surface area contributed by atoms with Gasteiger partial charge in [0, 0.05) is 37.6 Å². The predicted molar refractivity (Wildman–Crippen MR) is 83.8 cm³/mol. The van der Waals surface area contributed by atoms with E-state index in [1.54, 1.807) is 56.7 Å². The van der Waals surface area contributed by atoms with Crippen molar-refractivity contribution in [2.75, 3.05) is 19.4 Å². The molecule has 22 heavy (non-hydrogen) atoms. The number of nitrogens with zero attached hydrogens (tertiary/aromatic N) is 2. The molecule has 0 bridgehead atoms. The van der Waals surface area contributed by atoms with Crippen molar-refractivity contribution < 1.29 is 9.59 Å². The van der Waals surface area contributed by atoms with Crippen molar-refractivity contribution in [3.8, 4) is 0 Å². The molecule has 2 aromatic rings. The second kappa shape index (κ2) is 6.71. The van der Waals surface area contributed by atoms with Gasteiger partial charge in [-0.1, -0.05) is 6.07 Å². The summed E-state index contributed by atoms with van der Waals surface area (Å²) in [5, 5.41) is 2.69. The maximum Gasteiger partial charge on any atom is 0.253 e. The van der Waals surface area contributed by atoms with Crippen LogP contribution in [0.15, 0.2) is 53.5 Å². The Hall–Kier alpha value is -2.89. The van der Waals surface area contributed by atoms with Gasteiger partial charge in [-0.25, -0.2) is 0 Å². The van der Waals surface area contributed by atoms with E-state index in [-0.39, 0.29) is 23.9 Å². The minimum atomic E-state index is -0.306. The molecule has 2 rings (SSSR count). The van der Waals surface area contributed by atoms with Crippen molar-refractivity contribution in [1.29, 1.82) is 0 Å². The van der Waals surface area contributed by atoms with Crippen molar-refractivity contribution in [1.82, 2.24) is 9.47 Å². The van der Waals surface area contributed by atoms with Crippen LogP contribution in [0.4, 0.5) is 5.69 Å². The van der Waals surface area contributed by atoms with Crippen LogP contribution in [0.2, 0.25) is 0 Å². The van der Waals surface area contributed by atoms with Crippen LogP contribution in [-0.4, -0.2) is 35.4 Å². The lowest BCUT2D eigenvalue weighted by molar-refractivity contribution is -0.116. The molecule has 0 atom stereocenters. The van der Waals surface area contributed by atoms with E-state index in [2.05, 4.69) is 5.32 Å². The Balaban J connectivity index is 2.02. The first-order valence-electron chi connectivity index (χ1n) is 6.74. The zero-order chi connectivity index (χ0) is 16.1. The van der Waals surface area contributed by atoms with Crippen molar-refractivity contribution in [2.24, 2.45) is 0 Å². The first kappa shape index (κ1) is 15.5. The summed E-state index contributed by atoms with van der Waals surface area (Å²) in [4.78, 5) is 36.7. The fourth-order valence-electron chi connectivity index (χ4n) is 1.90. The van der Waals surface area contributed by atoms with Gasteiger partial charge in [-0.3, -0.25) is 14.4 Å². The third kappa shape index (κ3) is 3.82. The Morgan fingerprint density at radius 2 is 1.77 bits per heavy atom. The Morgan fingerprint density at radius 1 is 1.09 bits per heavy atom. The minimum Gasteiger partial charge on any atom is -0.345 e. The van der Waals surface area contributed by atoms with E-state index < -0.39 is 0 Å². The zero-order valence-corrected chi connectivity index (χ0v) is 12.4. The van der Waals surface area contributed by atoms with Gasteiger partial charge in [-0.05, 0) is 30.3 Å². The van der Waals surface area contributed by atoms with Crippen LogP contribution >= 0.6 is 0 Å². The average Bonchev–Trinajstić information content (AvgIpc) is 2.49. The SMILES string of the molecule is CN(C)C(=O)c1ccc(NC(=O)Cn2ccccc2=O)cc1. The highest BCUT2D eigenvalue weighted by atomic mass is 16.2. The molecule has 0 radical (unpaired) electrons. The number of benzene rings is 1. The van der Waals surface area contributed by atoms with Crippen molar-refractivity contribution in [3.63, 3.8) is 0 Å². The number of anilines is 1. The van der Waals surface area contributed by atoms with E-state index in [1.807, 2.05) is 0 Å². The highest BCUT2D eigenvalue weighted by molar-refractivity contribution is 5.95. The number of amides is 2. The van der Waals surface area contributed by atoms with E-state index in [0.717, 1.165) is 0 Å². The van der Waals surface area contributed by atoms with Gasteiger partial charge in [0.05, 0.1) is 0 Å². The molecule has 1 N–H and O–H groups in total. The van der Waals surface area contributed by atoms with E-state index in [4.69, 9.17) is 0 Å². The Labute approximate surface area is 128 Å². The molecule has 0 aliphatic heterocycles. The van der Waals surface area contributed by atoms with Crippen molar-refractivity contribution in [2.45, 2.75) is 6.54 Å². The maximum absolute atomic E-state index is 11.9. The van der Waals surface area contributed by atoms with Gasteiger partial charge in [0.15, 0.2) is 0 Å². The van der Waals surface area contributed by atoms with E-state index >= 15 is 0 Å².